The number of hydrogen-bond donors (Lipinski definition) is 0. The summed E-state index contributed by atoms with van der Waals surface area (Å²) >= 11 is 0. The number of anilines is 2. The quantitative estimate of drug-likeness (QED) is 0.781. The molecule has 1 saturated carbocycles. The van der Waals surface area contributed by atoms with Gasteiger partial charge in [0, 0.05) is 31.4 Å². The van der Waals surface area contributed by atoms with E-state index in [2.05, 4.69) is 17.9 Å². The Labute approximate surface area is 150 Å². The number of nitrogens with zero attached hydrogens (tertiary/aromatic N) is 2. The molecule has 4 rings (SSSR count). The van der Waals surface area contributed by atoms with E-state index in [1.807, 2.05) is 7.05 Å². The Morgan fingerprint density at radius 3 is 2.48 bits per heavy atom. The highest BCUT2D eigenvalue weighted by molar-refractivity contribution is 6.08. The molecule has 0 unspecified atom stereocenters. The molecule has 2 fully saturated rings. The van der Waals surface area contributed by atoms with Crippen LogP contribution < -0.4 is 9.80 Å². The van der Waals surface area contributed by atoms with Gasteiger partial charge in [-0.25, -0.2) is 4.39 Å². The Kier molecular flexibility index (Phi) is 4.25. The minimum Gasteiger partial charge on any atom is -0.371 e. The zero-order valence-corrected chi connectivity index (χ0v) is 15.5. The van der Waals surface area contributed by atoms with Gasteiger partial charge >= 0.3 is 0 Å². The third-order valence-electron chi connectivity index (χ3n) is 6.87. The maximum atomic E-state index is 15.2. The second-order valence-corrected chi connectivity index (χ2v) is 8.17. The lowest BCUT2D eigenvalue weighted by molar-refractivity contribution is -0.124. The standard InChI is InChI=1S/C21H29FN2O/c1-3-15-7-11-24(12-8-15)16-13-17(22)19-18(14-16)23(2)20(25)21(19)9-5-4-6-10-21/h13-15H,3-12H2,1-2H3. The summed E-state index contributed by atoms with van der Waals surface area (Å²) in [6.45, 7) is 4.22. The summed E-state index contributed by atoms with van der Waals surface area (Å²) in [5, 5.41) is 0. The van der Waals surface area contributed by atoms with E-state index < -0.39 is 5.41 Å². The Hall–Kier alpha value is -1.58. The van der Waals surface area contributed by atoms with Crippen molar-refractivity contribution in [3.8, 4) is 0 Å². The first-order chi connectivity index (χ1) is 12.1. The van der Waals surface area contributed by atoms with E-state index in [0.717, 1.165) is 62.5 Å². The summed E-state index contributed by atoms with van der Waals surface area (Å²) in [6, 6.07) is 3.75. The molecule has 0 atom stereocenters. The zero-order valence-electron chi connectivity index (χ0n) is 15.5. The summed E-state index contributed by atoms with van der Waals surface area (Å²) in [7, 11) is 1.82. The number of piperidine rings is 1. The minimum atomic E-state index is -0.597. The van der Waals surface area contributed by atoms with Crippen LogP contribution in [0.2, 0.25) is 0 Å². The SMILES string of the molecule is CCC1CCN(c2cc(F)c3c(c2)N(C)C(=O)C32CCCCC2)CC1. The maximum absolute atomic E-state index is 15.2. The molecule has 0 bridgehead atoms. The number of benzene rings is 1. The number of rotatable bonds is 2. The van der Waals surface area contributed by atoms with Crippen LogP contribution in [0.1, 0.15) is 63.9 Å². The molecule has 3 nitrogen and oxygen atoms in total. The normalized spacial score (nSPS) is 23.4. The van der Waals surface area contributed by atoms with Crippen molar-refractivity contribution in [2.45, 2.75) is 63.7 Å². The molecule has 2 aliphatic heterocycles. The van der Waals surface area contributed by atoms with Gasteiger partial charge in [-0.3, -0.25) is 4.79 Å². The van der Waals surface area contributed by atoms with Crippen LogP contribution in [0.3, 0.4) is 0 Å². The number of carbonyl (C=O) groups excluding carboxylic acids is 1. The Morgan fingerprint density at radius 1 is 1.16 bits per heavy atom. The van der Waals surface area contributed by atoms with E-state index in [1.165, 1.54) is 19.3 Å². The number of carbonyl (C=O) groups is 1. The summed E-state index contributed by atoms with van der Waals surface area (Å²) in [6.07, 6.45) is 8.35. The van der Waals surface area contributed by atoms with Crippen LogP contribution >= 0.6 is 0 Å². The monoisotopic (exact) mass is 344 g/mol. The molecule has 25 heavy (non-hydrogen) atoms. The van der Waals surface area contributed by atoms with Crippen LogP contribution in [-0.4, -0.2) is 26.0 Å². The predicted octanol–water partition coefficient (Wildman–Crippen LogP) is 4.63. The van der Waals surface area contributed by atoms with Gasteiger partial charge < -0.3 is 9.80 Å². The highest BCUT2D eigenvalue weighted by Gasteiger charge is 2.51. The van der Waals surface area contributed by atoms with Crippen molar-refractivity contribution >= 4 is 17.3 Å². The lowest BCUT2D eigenvalue weighted by Gasteiger charge is -2.34. The van der Waals surface area contributed by atoms with Crippen molar-refractivity contribution in [2.24, 2.45) is 5.92 Å². The number of halogens is 1. The Bertz CT molecular complexity index is 673. The molecule has 1 saturated heterocycles. The van der Waals surface area contributed by atoms with Crippen molar-refractivity contribution in [3.05, 3.63) is 23.5 Å². The molecule has 2 heterocycles. The molecular formula is C21H29FN2O. The topological polar surface area (TPSA) is 23.6 Å². The average molecular weight is 344 g/mol. The van der Waals surface area contributed by atoms with Crippen LogP contribution in [-0.2, 0) is 10.2 Å². The van der Waals surface area contributed by atoms with Gasteiger partial charge in [-0.1, -0.05) is 32.6 Å². The van der Waals surface area contributed by atoms with E-state index in [-0.39, 0.29) is 11.7 Å². The van der Waals surface area contributed by atoms with Crippen LogP contribution in [0.25, 0.3) is 0 Å². The highest BCUT2D eigenvalue weighted by atomic mass is 19.1. The molecule has 4 heteroatoms. The largest absolute Gasteiger partial charge is 0.371 e. The molecule has 1 aromatic rings. The van der Waals surface area contributed by atoms with Crippen LogP contribution in [0.15, 0.2) is 12.1 Å². The first-order valence-electron chi connectivity index (χ1n) is 9.94. The van der Waals surface area contributed by atoms with Gasteiger partial charge in [0.05, 0.1) is 11.1 Å². The molecule has 0 aromatic heterocycles. The zero-order chi connectivity index (χ0) is 17.6. The van der Waals surface area contributed by atoms with Gasteiger partial charge in [0.15, 0.2) is 0 Å². The number of likely N-dealkylation sites (N-methyl/N-ethyl adjacent to an activating group) is 1. The summed E-state index contributed by atoms with van der Waals surface area (Å²) in [5.74, 6) is 0.720. The Balaban J connectivity index is 1.70. The van der Waals surface area contributed by atoms with Gasteiger partial charge in [0.2, 0.25) is 5.91 Å². The fraction of sp³-hybridized carbons (Fsp3) is 0.667. The molecule has 136 valence electrons. The fourth-order valence-corrected chi connectivity index (χ4v) is 5.26. The third-order valence-corrected chi connectivity index (χ3v) is 6.87. The third kappa shape index (κ3) is 2.56. The number of amides is 1. The number of fused-ring (bicyclic) bond motifs is 2. The van der Waals surface area contributed by atoms with Gasteiger partial charge in [-0.15, -0.1) is 0 Å². The fourth-order valence-electron chi connectivity index (χ4n) is 5.26. The van der Waals surface area contributed by atoms with E-state index in [0.29, 0.717) is 5.56 Å². The van der Waals surface area contributed by atoms with Crippen molar-refractivity contribution < 1.29 is 9.18 Å². The summed E-state index contributed by atoms with van der Waals surface area (Å²) < 4.78 is 15.2. The van der Waals surface area contributed by atoms with Gasteiger partial charge in [0.25, 0.3) is 0 Å². The van der Waals surface area contributed by atoms with Crippen LogP contribution in [0.5, 0.6) is 0 Å². The second-order valence-electron chi connectivity index (χ2n) is 8.17. The first-order valence-corrected chi connectivity index (χ1v) is 9.94. The second kappa shape index (κ2) is 6.30. The van der Waals surface area contributed by atoms with E-state index in [1.54, 1.807) is 11.0 Å². The van der Waals surface area contributed by atoms with Crippen molar-refractivity contribution in [1.82, 2.24) is 0 Å². The maximum Gasteiger partial charge on any atom is 0.237 e. The van der Waals surface area contributed by atoms with Crippen LogP contribution in [0, 0.1) is 11.7 Å². The molecule has 1 spiro atoms. The van der Waals surface area contributed by atoms with E-state index >= 15 is 4.39 Å². The van der Waals surface area contributed by atoms with Crippen molar-refractivity contribution in [1.29, 1.82) is 0 Å². The number of hydrogen-bond acceptors (Lipinski definition) is 2. The molecule has 1 aromatic carbocycles. The minimum absolute atomic E-state index is 0.0999. The van der Waals surface area contributed by atoms with E-state index in [4.69, 9.17) is 0 Å². The van der Waals surface area contributed by atoms with Gasteiger partial charge in [0.1, 0.15) is 5.82 Å². The Morgan fingerprint density at radius 2 is 1.84 bits per heavy atom. The smallest absolute Gasteiger partial charge is 0.237 e. The lowest BCUT2D eigenvalue weighted by Crippen LogP contribution is -2.40. The van der Waals surface area contributed by atoms with Gasteiger partial charge in [-0.05, 0) is 43.7 Å². The highest BCUT2D eigenvalue weighted by Crippen LogP contribution is 2.51. The summed E-state index contributed by atoms with van der Waals surface area (Å²) in [4.78, 5) is 17.0. The molecule has 1 aliphatic carbocycles. The van der Waals surface area contributed by atoms with Crippen molar-refractivity contribution in [2.75, 3.05) is 29.9 Å². The average Bonchev–Trinajstić information content (AvgIpc) is 2.85. The van der Waals surface area contributed by atoms with Crippen molar-refractivity contribution in [3.63, 3.8) is 0 Å². The summed E-state index contributed by atoms with van der Waals surface area (Å²) in [5.41, 5.74) is 1.82. The molecule has 1 amide bonds. The molecule has 0 radical (unpaired) electrons. The lowest BCUT2D eigenvalue weighted by atomic mass is 9.70. The first kappa shape index (κ1) is 16.9. The molecule has 0 N–H and O–H groups in total. The van der Waals surface area contributed by atoms with E-state index in [9.17, 15) is 4.79 Å². The molecular weight excluding hydrogens is 315 g/mol. The predicted molar refractivity (Wildman–Crippen MR) is 99.8 cm³/mol. The van der Waals surface area contributed by atoms with Gasteiger partial charge in [-0.2, -0.15) is 0 Å². The van der Waals surface area contributed by atoms with Crippen LogP contribution in [0.4, 0.5) is 15.8 Å². The molecule has 3 aliphatic rings.